The van der Waals surface area contributed by atoms with E-state index in [0.717, 1.165) is 30.8 Å². The Morgan fingerprint density at radius 1 is 1.05 bits per heavy atom. The van der Waals surface area contributed by atoms with Crippen LogP contribution in [0, 0.1) is 0 Å². The molecule has 0 radical (unpaired) electrons. The minimum atomic E-state index is 0.317. The number of fused-ring (bicyclic) bond motifs is 1. The van der Waals surface area contributed by atoms with Gasteiger partial charge in [-0.2, -0.15) is 0 Å². The third-order valence-electron chi connectivity index (χ3n) is 4.27. The Bertz CT molecular complexity index is 632. The zero-order chi connectivity index (χ0) is 14.8. The van der Waals surface area contributed by atoms with Crippen LogP contribution in [0.1, 0.15) is 29.0 Å². The van der Waals surface area contributed by atoms with E-state index in [4.69, 9.17) is 9.47 Å². The summed E-state index contributed by atoms with van der Waals surface area (Å²) in [6.45, 7) is 0. The molecule has 3 nitrogen and oxygen atoms in total. The second-order valence-corrected chi connectivity index (χ2v) is 5.51. The summed E-state index contributed by atoms with van der Waals surface area (Å²) in [5.74, 6) is 2.43. The number of aromatic hydroxyl groups is 1. The topological polar surface area (TPSA) is 38.7 Å². The van der Waals surface area contributed by atoms with E-state index in [1.807, 2.05) is 12.1 Å². The molecular weight excluding hydrogens is 264 g/mol. The van der Waals surface area contributed by atoms with Crippen LogP contribution >= 0.6 is 0 Å². The highest BCUT2D eigenvalue weighted by Gasteiger charge is 2.25. The van der Waals surface area contributed by atoms with Gasteiger partial charge in [-0.15, -0.1) is 0 Å². The Balaban J connectivity index is 1.87. The zero-order valence-electron chi connectivity index (χ0n) is 12.4. The van der Waals surface area contributed by atoms with Crippen LogP contribution in [0.4, 0.5) is 0 Å². The van der Waals surface area contributed by atoms with Crippen molar-refractivity contribution >= 4 is 0 Å². The Hall–Kier alpha value is -2.16. The summed E-state index contributed by atoms with van der Waals surface area (Å²) in [5.41, 5.74) is 3.97. The van der Waals surface area contributed by atoms with Gasteiger partial charge >= 0.3 is 0 Å². The van der Waals surface area contributed by atoms with Crippen LogP contribution in [0.25, 0.3) is 0 Å². The summed E-state index contributed by atoms with van der Waals surface area (Å²) in [4.78, 5) is 0. The molecule has 0 amide bonds. The molecule has 1 atom stereocenters. The molecule has 0 aromatic heterocycles. The number of ether oxygens (including phenoxy) is 2. The quantitative estimate of drug-likeness (QED) is 0.930. The normalized spacial score (nSPS) is 16.6. The first-order valence-electron chi connectivity index (χ1n) is 7.24. The lowest BCUT2D eigenvalue weighted by Crippen LogP contribution is -2.00. The van der Waals surface area contributed by atoms with Crippen LogP contribution in [0.2, 0.25) is 0 Å². The summed E-state index contributed by atoms with van der Waals surface area (Å²) < 4.78 is 10.8. The number of benzene rings is 2. The van der Waals surface area contributed by atoms with Crippen LogP contribution in [0.3, 0.4) is 0 Å². The van der Waals surface area contributed by atoms with Crippen LogP contribution in [-0.4, -0.2) is 19.3 Å². The van der Waals surface area contributed by atoms with Gasteiger partial charge in [0.1, 0.15) is 5.75 Å². The zero-order valence-corrected chi connectivity index (χ0v) is 12.4. The molecule has 0 fully saturated rings. The number of rotatable bonds is 4. The molecule has 110 valence electrons. The van der Waals surface area contributed by atoms with Gasteiger partial charge in [0.15, 0.2) is 11.5 Å². The molecule has 0 spiro atoms. The molecule has 0 saturated carbocycles. The summed E-state index contributed by atoms with van der Waals surface area (Å²) in [6.07, 6.45) is 3.22. The predicted molar refractivity (Wildman–Crippen MR) is 82.4 cm³/mol. The van der Waals surface area contributed by atoms with Crippen molar-refractivity contribution < 1.29 is 14.6 Å². The second-order valence-electron chi connectivity index (χ2n) is 5.51. The lowest BCUT2D eigenvalue weighted by molar-refractivity contribution is 0.354. The minimum absolute atomic E-state index is 0.317. The maximum atomic E-state index is 9.37. The second kappa shape index (κ2) is 5.68. The monoisotopic (exact) mass is 284 g/mol. The number of hydrogen-bond donors (Lipinski definition) is 1. The van der Waals surface area contributed by atoms with Crippen molar-refractivity contribution in [1.29, 1.82) is 0 Å². The first-order valence-corrected chi connectivity index (χ1v) is 7.24. The van der Waals surface area contributed by atoms with Crippen molar-refractivity contribution in [3.63, 3.8) is 0 Å². The van der Waals surface area contributed by atoms with Gasteiger partial charge < -0.3 is 14.6 Å². The Morgan fingerprint density at radius 3 is 2.38 bits per heavy atom. The van der Waals surface area contributed by atoms with Crippen molar-refractivity contribution in [3.05, 3.63) is 53.1 Å². The minimum Gasteiger partial charge on any atom is -0.508 e. The van der Waals surface area contributed by atoms with Crippen LogP contribution in [0.5, 0.6) is 17.2 Å². The predicted octanol–water partition coefficient (Wildman–Crippen LogP) is 3.68. The first kappa shape index (κ1) is 13.8. The number of phenols is 1. The van der Waals surface area contributed by atoms with Crippen LogP contribution in [-0.2, 0) is 12.8 Å². The molecule has 1 aliphatic rings. The first-order chi connectivity index (χ1) is 10.2. The molecule has 1 N–H and O–H groups in total. The SMILES string of the molecule is COc1cc2c(cc1OC)C(Cc1ccc(O)cc1)CC2. The van der Waals surface area contributed by atoms with Gasteiger partial charge in [0, 0.05) is 0 Å². The van der Waals surface area contributed by atoms with E-state index in [9.17, 15) is 5.11 Å². The highest BCUT2D eigenvalue weighted by molar-refractivity contribution is 5.50. The van der Waals surface area contributed by atoms with Crippen LogP contribution < -0.4 is 9.47 Å². The summed E-state index contributed by atoms with van der Waals surface area (Å²) in [7, 11) is 3.35. The van der Waals surface area contributed by atoms with E-state index >= 15 is 0 Å². The third-order valence-corrected chi connectivity index (χ3v) is 4.27. The lowest BCUT2D eigenvalue weighted by Gasteiger charge is -2.15. The molecule has 2 aromatic carbocycles. The van der Waals surface area contributed by atoms with Gasteiger partial charge in [-0.3, -0.25) is 0 Å². The largest absolute Gasteiger partial charge is 0.508 e. The van der Waals surface area contributed by atoms with Gasteiger partial charge in [0.25, 0.3) is 0 Å². The van der Waals surface area contributed by atoms with Gasteiger partial charge in [0.2, 0.25) is 0 Å². The molecular formula is C18H20O3. The molecule has 1 aliphatic carbocycles. The molecule has 3 rings (SSSR count). The lowest BCUT2D eigenvalue weighted by atomic mass is 9.93. The van der Waals surface area contributed by atoms with Crippen molar-refractivity contribution in [2.75, 3.05) is 14.2 Å². The van der Waals surface area contributed by atoms with E-state index < -0.39 is 0 Å². The van der Waals surface area contributed by atoms with Gasteiger partial charge in [-0.1, -0.05) is 12.1 Å². The molecule has 0 heterocycles. The fourth-order valence-electron chi connectivity index (χ4n) is 3.15. The average molecular weight is 284 g/mol. The highest BCUT2D eigenvalue weighted by Crippen LogP contribution is 2.41. The summed E-state index contributed by atoms with van der Waals surface area (Å²) in [5, 5.41) is 9.37. The summed E-state index contributed by atoms with van der Waals surface area (Å²) >= 11 is 0. The van der Waals surface area contributed by atoms with Crippen LogP contribution in [0.15, 0.2) is 36.4 Å². The molecule has 0 aliphatic heterocycles. The molecule has 3 heteroatoms. The van der Waals surface area contributed by atoms with E-state index in [-0.39, 0.29) is 0 Å². The Kier molecular flexibility index (Phi) is 3.74. The van der Waals surface area contributed by atoms with Crippen molar-refractivity contribution in [1.82, 2.24) is 0 Å². The maximum absolute atomic E-state index is 9.37. The van der Waals surface area contributed by atoms with E-state index in [1.165, 1.54) is 16.7 Å². The van der Waals surface area contributed by atoms with Crippen molar-refractivity contribution in [3.8, 4) is 17.2 Å². The number of hydrogen-bond acceptors (Lipinski definition) is 3. The Labute approximate surface area is 125 Å². The molecule has 0 saturated heterocycles. The number of aryl methyl sites for hydroxylation is 1. The summed E-state index contributed by atoms with van der Waals surface area (Å²) in [6, 6.07) is 11.7. The van der Waals surface area contributed by atoms with Gasteiger partial charge in [-0.05, 0) is 66.1 Å². The van der Waals surface area contributed by atoms with E-state index in [2.05, 4.69) is 12.1 Å². The van der Waals surface area contributed by atoms with E-state index in [0.29, 0.717) is 11.7 Å². The standard InChI is InChI=1S/C18H20O3/c1-20-17-10-14-6-5-13(16(14)11-18(17)21-2)9-12-3-7-15(19)8-4-12/h3-4,7-8,10-11,13,19H,5-6,9H2,1-2H3. The van der Waals surface area contributed by atoms with E-state index in [1.54, 1.807) is 26.4 Å². The third kappa shape index (κ3) is 2.68. The fourth-order valence-corrected chi connectivity index (χ4v) is 3.15. The number of phenolic OH excluding ortho intramolecular Hbond substituents is 1. The fraction of sp³-hybridized carbons (Fsp3) is 0.333. The van der Waals surface area contributed by atoms with Crippen molar-refractivity contribution in [2.24, 2.45) is 0 Å². The van der Waals surface area contributed by atoms with Crippen molar-refractivity contribution in [2.45, 2.75) is 25.2 Å². The molecule has 2 aromatic rings. The molecule has 21 heavy (non-hydrogen) atoms. The number of methoxy groups -OCH3 is 2. The average Bonchev–Trinajstić information content (AvgIpc) is 2.90. The smallest absolute Gasteiger partial charge is 0.161 e. The van der Waals surface area contributed by atoms with Gasteiger partial charge in [-0.25, -0.2) is 0 Å². The molecule has 1 unspecified atom stereocenters. The maximum Gasteiger partial charge on any atom is 0.161 e. The Morgan fingerprint density at radius 2 is 1.71 bits per heavy atom. The van der Waals surface area contributed by atoms with Gasteiger partial charge in [0.05, 0.1) is 14.2 Å². The highest BCUT2D eigenvalue weighted by atomic mass is 16.5. The molecule has 0 bridgehead atoms.